The maximum atomic E-state index is 13.5. The summed E-state index contributed by atoms with van der Waals surface area (Å²) in [6.07, 6.45) is 7.38. The number of nitrogens with two attached hydrogens (primary N) is 1. The van der Waals surface area contributed by atoms with E-state index in [9.17, 15) is 34.8 Å². The Morgan fingerprint density at radius 2 is 1.84 bits per heavy atom. The highest BCUT2D eigenvalue weighted by molar-refractivity contribution is 6.32. The first-order valence-corrected chi connectivity index (χ1v) is 13.6. The smallest absolute Gasteiger partial charge is 0.255 e. The van der Waals surface area contributed by atoms with Crippen LogP contribution in [-0.4, -0.2) is 50.0 Å². The number of rotatable bonds is 6. The van der Waals surface area contributed by atoms with Crippen LogP contribution in [0.4, 0.5) is 0 Å². The Morgan fingerprint density at radius 1 is 1.13 bits per heavy atom. The number of aliphatic hydroxyl groups is 3. The molecule has 1 aromatic carbocycles. The van der Waals surface area contributed by atoms with E-state index < -0.39 is 52.0 Å². The van der Waals surface area contributed by atoms with E-state index in [-0.39, 0.29) is 36.1 Å². The van der Waals surface area contributed by atoms with E-state index in [1.54, 1.807) is 0 Å². The molecule has 4 aliphatic carbocycles. The van der Waals surface area contributed by atoms with Gasteiger partial charge < -0.3 is 31.5 Å². The van der Waals surface area contributed by atoms with E-state index in [0.29, 0.717) is 22.7 Å². The molecule has 0 spiro atoms. The lowest BCUT2D eigenvalue weighted by Gasteiger charge is -2.46. The second-order valence-electron chi connectivity index (χ2n) is 11.1. The van der Waals surface area contributed by atoms with Crippen molar-refractivity contribution in [3.05, 3.63) is 44.7 Å². The van der Waals surface area contributed by atoms with Crippen molar-refractivity contribution in [2.45, 2.75) is 69.9 Å². The lowest BCUT2D eigenvalue weighted by molar-refractivity contribution is -0.147. The number of amides is 1. The summed E-state index contributed by atoms with van der Waals surface area (Å²) in [4.78, 5) is 37.8. The molecule has 0 bridgehead atoms. The van der Waals surface area contributed by atoms with Crippen molar-refractivity contribution in [3.8, 4) is 5.75 Å². The van der Waals surface area contributed by atoms with Crippen molar-refractivity contribution in [1.82, 2.24) is 5.32 Å². The molecule has 1 aromatic rings. The number of Topliss-reactive ketones (excluding diaryl/α,β-unsaturated/α-hetero) is 2. The van der Waals surface area contributed by atoms with Gasteiger partial charge in [-0.25, -0.2) is 0 Å². The van der Waals surface area contributed by atoms with Crippen molar-refractivity contribution in [2.75, 3.05) is 6.54 Å². The Morgan fingerprint density at radius 3 is 2.53 bits per heavy atom. The van der Waals surface area contributed by atoms with E-state index in [4.69, 9.17) is 17.3 Å². The number of phenols is 1. The minimum Gasteiger partial charge on any atom is -0.508 e. The third-order valence-corrected chi connectivity index (χ3v) is 9.31. The lowest BCUT2D eigenvalue weighted by atomic mass is 9.59. The number of hydrogen-bond acceptors (Lipinski definition) is 8. The molecule has 38 heavy (non-hydrogen) atoms. The first-order valence-electron chi connectivity index (χ1n) is 13.3. The number of phenolic OH excluding ortho intramolecular Hbond substituents is 1. The molecule has 3 atom stereocenters. The standard InChI is InChI=1S/C28H33ClN2O7/c29-23-15(12-31-7-6-13-4-2-1-3-5-13)10-18(32)21-17(23)9-14-8-16-11-19(33)22(27(30)37)26(36)28(16,38)25(35)20(14)24(21)34/h10,13-14,16,31-32,34,36,38H,1-9,11-12H2,(H2,30,37)/t14?,16-,28-/m0/s1. The molecular formula is C28H33ClN2O7. The molecule has 4 aliphatic rings. The Hall–Kier alpha value is -2.88. The Labute approximate surface area is 225 Å². The minimum absolute atomic E-state index is 0.00749. The zero-order valence-corrected chi connectivity index (χ0v) is 21.8. The molecule has 5 rings (SSSR count). The molecule has 0 saturated heterocycles. The molecule has 10 heteroatoms. The Kier molecular flexibility index (Phi) is 7.04. The number of carbonyl (C=O) groups is 3. The molecule has 0 aromatic heterocycles. The van der Waals surface area contributed by atoms with Gasteiger partial charge in [0.2, 0.25) is 5.78 Å². The fourth-order valence-corrected chi connectivity index (χ4v) is 7.15. The van der Waals surface area contributed by atoms with E-state index >= 15 is 0 Å². The SMILES string of the molecule is NC(=O)C1=C(O)[C@@]2(O)C(=O)C3=C(O)c4c(O)cc(CNCCC5CCCCC5)c(Cl)c4CC3C[C@H]2CC1=O. The number of hydrogen-bond donors (Lipinski definition) is 6. The topological polar surface area (TPSA) is 170 Å². The highest BCUT2D eigenvalue weighted by atomic mass is 35.5. The number of aromatic hydroxyl groups is 1. The summed E-state index contributed by atoms with van der Waals surface area (Å²) in [6, 6.07) is 1.46. The third-order valence-electron chi connectivity index (χ3n) is 8.84. The predicted octanol–water partition coefficient (Wildman–Crippen LogP) is 3.14. The number of ketones is 2. The number of halogens is 1. The Balaban J connectivity index is 1.44. The minimum atomic E-state index is -2.57. The van der Waals surface area contributed by atoms with Gasteiger partial charge in [-0.2, -0.15) is 0 Å². The van der Waals surface area contributed by atoms with Gasteiger partial charge in [0.25, 0.3) is 5.91 Å². The maximum absolute atomic E-state index is 13.5. The Bertz CT molecular complexity index is 1280. The van der Waals surface area contributed by atoms with Crippen LogP contribution in [0.5, 0.6) is 5.75 Å². The van der Waals surface area contributed by atoms with Crippen LogP contribution in [-0.2, 0) is 27.3 Å². The fraction of sp³-hybridized carbons (Fsp3) is 0.536. The normalized spacial score (nSPS) is 27.7. The van der Waals surface area contributed by atoms with Crippen molar-refractivity contribution in [2.24, 2.45) is 23.5 Å². The van der Waals surface area contributed by atoms with Gasteiger partial charge in [-0.3, -0.25) is 14.4 Å². The number of fused-ring (bicyclic) bond motifs is 3. The quantitative estimate of drug-likeness (QED) is 0.234. The average Bonchev–Trinajstić information content (AvgIpc) is 2.87. The highest BCUT2D eigenvalue weighted by Gasteiger charge is 2.60. The van der Waals surface area contributed by atoms with Crippen LogP contribution < -0.4 is 11.1 Å². The molecule has 0 heterocycles. The molecular weight excluding hydrogens is 512 g/mol. The number of carbonyl (C=O) groups excluding carboxylic acids is 3. The predicted molar refractivity (Wildman–Crippen MR) is 139 cm³/mol. The summed E-state index contributed by atoms with van der Waals surface area (Å²) < 4.78 is 0. The van der Waals surface area contributed by atoms with Crippen LogP contribution in [0.15, 0.2) is 23.0 Å². The molecule has 7 N–H and O–H groups in total. The van der Waals surface area contributed by atoms with Gasteiger partial charge in [-0.1, -0.05) is 43.7 Å². The number of aliphatic hydroxyl groups excluding tert-OH is 2. The summed E-state index contributed by atoms with van der Waals surface area (Å²) >= 11 is 6.75. The molecule has 1 unspecified atom stereocenters. The summed E-state index contributed by atoms with van der Waals surface area (Å²) in [7, 11) is 0. The van der Waals surface area contributed by atoms with E-state index in [1.165, 1.54) is 38.2 Å². The highest BCUT2D eigenvalue weighted by Crippen LogP contribution is 2.53. The largest absolute Gasteiger partial charge is 0.508 e. The van der Waals surface area contributed by atoms with Crippen LogP contribution in [0.1, 0.15) is 68.1 Å². The summed E-state index contributed by atoms with van der Waals surface area (Å²) in [5.41, 5.74) is 2.82. The third kappa shape index (κ3) is 4.21. The van der Waals surface area contributed by atoms with E-state index in [2.05, 4.69) is 5.32 Å². The van der Waals surface area contributed by atoms with Gasteiger partial charge in [0, 0.05) is 29.5 Å². The first-order chi connectivity index (χ1) is 18.1. The summed E-state index contributed by atoms with van der Waals surface area (Å²) in [6.45, 7) is 1.25. The van der Waals surface area contributed by atoms with Crippen LogP contribution in [0.2, 0.25) is 5.02 Å². The first kappa shape index (κ1) is 26.7. The van der Waals surface area contributed by atoms with Gasteiger partial charge in [-0.05, 0) is 54.8 Å². The van der Waals surface area contributed by atoms with Gasteiger partial charge >= 0.3 is 0 Å². The molecule has 1 amide bonds. The fourth-order valence-electron chi connectivity index (χ4n) is 6.86. The number of primary amides is 1. The monoisotopic (exact) mass is 544 g/mol. The second-order valence-corrected chi connectivity index (χ2v) is 11.5. The molecule has 2 fully saturated rings. The number of nitrogens with one attached hydrogen (secondary N) is 1. The van der Waals surface area contributed by atoms with Crippen molar-refractivity contribution < 1.29 is 34.8 Å². The van der Waals surface area contributed by atoms with Crippen molar-refractivity contribution in [1.29, 1.82) is 0 Å². The van der Waals surface area contributed by atoms with Gasteiger partial charge in [0.05, 0.1) is 5.56 Å². The molecule has 204 valence electrons. The van der Waals surface area contributed by atoms with Crippen LogP contribution in [0.3, 0.4) is 0 Å². The van der Waals surface area contributed by atoms with Crippen LogP contribution in [0.25, 0.3) is 5.76 Å². The average molecular weight is 545 g/mol. The molecule has 2 saturated carbocycles. The zero-order valence-electron chi connectivity index (χ0n) is 21.1. The lowest BCUT2D eigenvalue weighted by Crippen LogP contribution is -2.58. The van der Waals surface area contributed by atoms with Gasteiger partial charge in [0.15, 0.2) is 11.4 Å². The van der Waals surface area contributed by atoms with Gasteiger partial charge in [0.1, 0.15) is 22.8 Å². The second kappa shape index (κ2) is 10.0. The zero-order chi connectivity index (χ0) is 27.4. The summed E-state index contributed by atoms with van der Waals surface area (Å²) in [5.74, 6) is -5.77. The summed E-state index contributed by atoms with van der Waals surface area (Å²) in [5, 5.41) is 47.7. The molecule has 9 nitrogen and oxygen atoms in total. The maximum Gasteiger partial charge on any atom is 0.255 e. The van der Waals surface area contributed by atoms with E-state index in [0.717, 1.165) is 18.9 Å². The molecule has 0 radical (unpaired) electrons. The van der Waals surface area contributed by atoms with Crippen LogP contribution in [0, 0.1) is 17.8 Å². The van der Waals surface area contributed by atoms with Crippen LogP contribution >= 0.6 is 11.6 Å². The van der Waals surface area contributed by atoms with Crippen molar-refractivity contribution in [3.63, 3.8) is 0 Å². The van der Waals surface area contributed by atoms with E-state index in [1.807, 2.05) is 0 Å². The molecule has 0 aliphatic heterocycles. The number of benzene rings is 1. The van der Waals surface area contributed by atoms with Crippen molar-refractivity contribution >= 4 is 34.8 Å². The van der Waals surface area contributed by atoms with Gasteiger partial charge in [-0.15, -0.1) is 0 Å².